The molecule has 1 rings (SSSR count). The number of aromatic nitrogens is 2. The molecule has 88 valence electrons. The molecule has 1 heterocycles. The van der Waals surface area contributed by atoms with Gasteiger partial charge in [-0.2, -0.15) is 5.10 Å². The third kappa shape index (κ3) is 4.44. The van der Waals surface area contributed by atoms with Crippen molar-refractivity contribution in [2.45, 2.75) is 40.0 Å². The average molecular weight is 214 g/mol. The molecule has 1 aromatic heterocycles. The van der Waals surface area contributed by atoms with E-state index in [1.165, 1.54) is 0 Å². The molecule has 0 spiro atoms. The Morgan fingerprint density at radius 3 is 2.20 bits per heavy atom. The van der Waals surface area contributed by atoms with E-state index in [-0.39, 0.29) is 0 Å². The molecule has 1 aromatic rings. The van der Waals surface area contributed by atoms with Gasteiger partial charge in [0.05, 0.1) is 12.7 Å². The molecule has 0 amide bonds. The molecule has 4 nitrogen and oxygen atoms in total. The SMILES string of the molecule is CC.COC(C)(Cn1cc(C)cn1)OC. The van der Waals surface area contributed by atoms with Crippen molar-refractivity contribution < 1.29 is 9.47 Å². The van der Waals surface area contributed by atoms with Gasteiger partial charge < -0.3 is 9.47 Å². The highest BCUT2D eigenvalue weighted by Crippen LogP contribution is 2.12. The van der Waals surface area contributed by atoms with Gasteiger partial charge in [0.15, 0.2) is 5.79 Å². The Bertz CT molecular complexity index is 267. The van der Waals surface area contributed by atoms with E-state index in [1.54, 1.807) is 14.2 Å². The fraction of sp³-hybridized carbons (Fsp3) is 0.727. The maximum absolute atomic E-state index is 5.22. The van der Waals surface area contributed by atoms with Crippen LogP contribution in [-0.2, 0) is 16.0 Å². The molecule has 0 fully saturated rings. The first-order valence-electron chi connectivity index (χ1n) is 5.19. The quantitative estimate of drug-likeness (QED) is 0.721. The molecule has 15 heavy (non-hydrogen) atoms. The summed E-state index contributed by atoms with van der Waals surface area (Å²) in [6, 6.07) is 0. The maximum atomic E-state index is 5.22. The molecular weight excluding hydrogens is 192 g/mol. The van der Waals surface area contributed by atoms with Gasteiger partial charge in [0, 0.05) is 20.4 Å². The second-order valence-corrected chi connectivity index (χ2v) is 3.26. The summed E-state index contributed by atoms with van der Waals surface area (Å²) < 4.78 is 12.2. The molecular formula is C11H22N2O2. The molecule has 0 bridgehead atoms. The third-order valence-corrected chi connectivity index (χ3v) is 2.08. The topological polar surface area (TPSA) is 36.3 Å². The van der Waals surface area contributed by atoms with Crippen LogP contribution in [0.4, 0.5) is 0 Å². The lowest BCUT2D eigenvalue weighted by Gasteiger charge is -2.25. The first kappa shape index (κ1) is 14.1. The van der Waals surface area contributed by atoms with E-state index in [9.17, 15) is 0 Å². The van der Waals surface area contributed by atoms with Crippen LogP contribution < -0.4 is 0 Å². The average Bonchev–Trinajstić information content (AvgIpc) is 2.66. The smallest absolute Gasteiger partial charge is 0.184 e. The molecule has 0 aliphatic heterocycles. The lowest BCUT2D eigenvalue weighted by molar-refractivity contribution is -0.202. The van der Waals surface area contributed by atoms with Gasteiger partial charge in [0.2, 0.25) is 0 Å². The Balaban J connectivity index is 0.000000921. The van der Waals surface area contributed by atoms with Crippen LogP contribution in [0.1, 0.15) is 26.3 Å². The molecule has 0 aliphatic rings. The van der Waals surface area contributed by atoms with Gasteiger partial charge >= 0.3 is 0 Å². The Labute approximate surface area is 92.2 Å². The zero-order valence-corrected chi connectivity index (χ0v) is 10.6. The number of methoxy groups -OCH3 is 2. The lowest BCUT2D eigenvalue weighted by atomic mass is 10.3. The van der Waals surface area contributed by atoms with E-state index in [0.29, 0.717) is 6.54 Å². The summed E-state index contributed by atoms with van der Waals surface area (Å²) in [7, 11) is 3.25. The lowest BCUT2D eigenvalue weighted by Crippen LogP contribution is -2.35. The van der Waals surface area contributed by atoms with Crippen LogP contribution >= 0.6 is 0 Å². The number of ether oxygens (including phenoxy) is 2. The van der Waals surface area contributed by atoms with Crippen molar-refractivity contribution >= 4 is 0 Å². The van der Waals surface area contributed by atoms with Crippen molar-refractivity contribution in [2.75, 3.05) is 14.2 Å². The predicted octanol–water partition coefficient (Wildman–Crippen LogP) is 2.23. The van der Waals surface area contributed by atoms with E-state index >= 15 is 0 Å². The minimum absolute atomic E-state index is 0.591. The van der Waals surface area contributed by atoms with Gasteiger partial charge in [0.25, 0.3) is 0 Å². The standard InChI is InChI=1S/C9H16N2O2.C2H6/c1-8-5-10-11(6-8)7-9(2,12-3)13-4;1-2/h5-6H,7H2,1-4H3;1-2H3. The Morgan fingerprint density at radius 2 is 1.87 bits per heavy atom. The molecule has 0 radical (unpaired) electrons. The monoisotopic (exact) mass is 214 g/mol. The number of rotatable bonds is 4. The molecule has 0 saturated carbocycles. The van der Waals surface area contributed by atoms with E-state index in [2.05, 4.69) is 5.10 Å². The number of nitrogens with zero attached hydrogens (tertiary/aromatic N) is 2. The van der Waals surface area contributed by atoms with E-state index in [4.69, 9.17) is 9.47 Å². The molecule has 0 aromatic carbocycles. The van der Waals surface area contributed by atoms with E-state index in [1.807, 2.05) is 44.8 Å². The van der Waals surface area contributed by atoms with Crippen molar-refractivity contribution in [3.8, 4) is 0 Å². The minimum Gasteiger partial charge on any atom is -0.352 e. The fourth-order valence-electron chi connectivity index (χ4n) is 1.06. The van der Waals surface area contributed by atoms with Crippen molar-refractivity contribution in [1.29, 1.82) is 0 Å². The Morgan fingerprint density at radius 1 is 1.33 bits per heavy atom. The molecule has 0 unspecified atom stereocenters. The first-order valence-corrected chi connectivity index (χ1v) is 5.19. The molecule has 0 atom stereocenters. The summed E-state index contributed by atoms with van der Waals surface area (Å²) in [4.78, 5) is 0. The van der Waals surface area contributed by atoms with Crippen molar-refractivity contribution in [2.24, 2.45) is 0 Å². The van der Waals surface area contributed by atoms with Gasteiger partial charge in [-0.05, 0) is 19.4 Å². The van der Waals surface area contributed by atoms with Gasteiger partial charge in [-0.25, -0.2) is 0 Å². The van der Waals surface area contributed by atoms with Gasteiger partial charge in [-0.3, -0.25) is 4.68 Å². The predicted molar refractivity (Wildman–Crippen MR) is 60.7 cm³/mol. The molecule has 0 saturated heterocycles. The number of hydrogen-bond donors (Lipinski definition) is 0. The van der Waals surface area contributed by atoms with Crippen molar-refractivity contribution in [3.05, 3.63) is 18.0 Å². The summed E-state index contributed by atoms with van der Waals surface area (Å²) in [5, 5.41) is 4.15. The second-order valence-electron chi connectivity index (χ2n) is 3.26. The summed E-state index contributed by atoms with van der Waals surface area (Å²) in [6.07, 6.45) is 3.77. The fourth-order valence-corrected chi connectivity index (χ4v) is 1.06. The largest absolute Gasteiger partial charge is 0.352 e. The summed E-state index contributed by atoms with van der Waals surface area (Å²) >= 11 is 0. The van der Waals surface area contributed by atoms with Crippen LogP contribution in [0.3, 0.4) is 0 Å². The molecule has 4 heteroatoms. The summed E-state index contributed by atoms with van der Waals surface area (Å²) in [5.41, 5.74) is 1.13. The highest BCUT2D eigenvalue weighted by Gasteiger charge is 2.23. The van der Waals surface area contributed by atoms with E-state index < -0.39 is 5.79 Å². The van der Waals surface area contributed by atoms with Crippen molar-refractivity contribution in [3.63, 3.8) is 0 Å². The van der Waals surface area contributed by atoms with Crippen LogP contribution in [0.5, 0.6) is 0 Å². The Hall–Kier alpha value is -0.870. The normalized spacial score (nSPS) is 10.8. The number of aryl methyl sites for hydroxylation is 1. The van der Waals surface area contributed by atoms with Gasteiger partial charge in [-0.1, -0.05) is 13.8 Å². The van der Waals surface area contributed by atoms with Gasteiger partial charge in [-0.15, -0.1) is 0 Å². The highest BCUT2D eigenvalue weighted by atomic mass is 16.7. The zero-order chi connectivity index (χ0) is 11.9. The van der Waals surface area contributed by atoms with Crippen LogP contribution in [-0.4, -0.2) is 29.8 Å². The summed E-state index contributed by atoms with van der Waals surface area (Å²) in [5.74, 6) is -0.599. The van der Waals surface area contributed by atoms with Crippen LogP contribution in [0.2, 0.25) is 0 Å². The van der Waals surface area contributed by atoms with Crippen LogP contribution in [0.15, 0.2) is 12.4 Å². The maximum Gasteiger partial charge on any atom is 0.184 e. The highest BCUT2D eigenvalue weighted by molar-refractivity contribution is 4.99. The van der Waals surface area contributed by atoms with Gasteiger partial charge in [0.1, 0.15) is 0 Å². The third-order valence-electron chi connectivity index (χ3n) is 2.08. The molecule has 0 N–H and O–H groups in total. The van der Waals surface area contributed by atoms with Crippen molar-refractivity contribution in [1.82, 2.24) is 9.78 Å². The molecule has 0 aliphatic carbocycles. The minimum atomic E-state index is -0.599. The zero-order valence-electron chi connectivity index (χ0n) is 10.6. The summed E-state index contributed by atoms with van der Waals surface area (Å²) in [6.45, 7) is 8.47. The van der Waals surface area contributed by atoms with E-state index in [0.717, 1.165) is 5.56 Å². The Kier molecular flexibility index (Phi) is 6.20. The van der Waals surface area contributed by atoms with Crippen LogP contribution in [0, 0.1) is 6.92 Å². The van der Waals surface area contributed by atoms with Crippen LogP contribution in [0.25, 0.3) is 0 Å². The second kappa shape index (κ2) is 6.58. The first-order chi connectivity index (χ1) is 7.09. The number of hydrogen-bond acceptors (Lipinski definition) is 3.